The minimum absolute atomic E-state index is 0.0821. The number of morpholine rings is 1. The van der Waals surface area contributed by atoms with Crippen LogP contribution in [0.25, 0.3) is 0 Å². The average molecular weight is 386 g/mol. The molecule has 0 aromatic carbocycles. The normalized spacial score (nSPS) is 20.1. The molecule has 0 saturated carbocycles. The van der Waals surface area contributed by atoms with Gasteiger partial charge in [0.05, 0.1) is 12.7 Å². The van der Waals surface area contributed by atoms with Gasteiger partial charge in [0.15, 0.2) is 5.96 Å². The highest BCUT2D eigenvalue weighted by Crippen LogP contribution is 2.07. The molecule has 0 radical (unpaired) electrons. The number of amides is 1. The lowest BCUT2D eigenvalue weighted by Crippen LogP contribution is -2.52. The number of unbranched alkanes of at least 4 members (excludes halogenated alkanes) is 1. The van der Waals surface area contributed by atoms with Crippen molar-refractivity contribution in [3.63, 3.8) is 0 Å². The van der Waals surface area contributed by atoms with Gasteiger partial charge < -0.3 is 30.3 Å². The summed E-state index contributed by atoms with van der Waals surface area (Å²) in [6.45, 7) is 11.5. The summed E-state index contributed by atoms with van der Waals surface area (Å²) in [5.74, 6) is 0.721. The summed E-state index contributed by atoms with van der Waals surface area (Å²) >= 11 is 0. The van der Waals surface area contributed by atoms with Crippen molar-refractivity contribution in [2.24, 2.45) is 4.99 Å². The third kappa shape index (κ3) is 11.0. The van der Waals surface area contributed by atoms with Crippen molar-refractivity contribution in [2.75, 3.05) is 46.9 Å². The van der Waals surface area contributed by atoms with Crippen LogP contribution in [0.4, 0.5) is 4.79 Å². The SMILES string of the molecule is CCCCC(CNC(=O)OC(C)(C)C)NC(=NC)NCC1CN(C)CCO1. The van der Waals surface area contributed by atoms with Gasteiger partial charge in [-0.2, -0.15) is 0 Å². The van der Waals surface area contributed by atoms with Crippen LogP contribution in [-0.2, 0) is 9.47 Å². The number of alkyl carbamates (subject to hydrolysis) is 1. The number of hydrogen-bond donors (Lipinski definition) is 3. The molecule has 3 N–H and O–H groups in total. The van der Waals surface area contributed by atoms with E-state index in [-0.39, 0.29) is 12.1 Å². The molecule has 2 unspecified atom stereocenters. The Labute approximate surface area is 164 Å². The highest BCUT2D eigenvalue weighted by atomic mass is 16.6. The van der Waals surface area contributed by atoms with Gasteiger partial charge in [-0.05, 0) is 34.2 Å². The molecule has 0 aromatic rings. The molecule has 0 spiro atoms. The summed E-state index contributed by atoms with van der Waals surface area (Å²) in [6, 6.07) is 0.0821. The Morgan fingerprint density at radius 1 is 1.37 bits per heavy atom. The summed E-state index contributed by atoms with van der Waals surface area (Å²) in [7, 11) is 3.85. The van der Waals surface area contributed by atoms with Crippen LogP contribution in [0.1, 0.15) is 47.0 Å². The highest BCUT2D eigenvalue weighted by Gasteiger charge is 2.20. The summed E-state index contributed by atoms with van der Waals surface area (Å²) in [5, 5.41) is 9.59. The molecule has 1 rings (SSSR count). The molecule has 158 valence electrons. The van der Waals surface area contributed by atoms with E-state index >= 15 is 0 Å². The third-order valence-electron chi connectivity index (χ3n) is 4.20. The molecular weight excluding hydrogens is 346 g/mol. The van der Waals surface area contributed by atoms with E-state index in [0.29, 0.717) is 13.1 Å². The predicted octanol–water partition coefficient (Wildman–Crippen LogP) is 1.57. The highest BCUT2D eigenvalue weighted by molar-refractivity contribution is 5.80. The molecule has 2 atom stereocenters. The minimum atomic E-state index is -0.499. The Hall–Kier alpha value is -1.54. The summed E-state index contributed by atoms with van der Waals surface area (Å²) in [6.07, 6.45) is 2.86. The first-order chi connectivity index (χ1) is 12.7. The largest absolute Gasteiger partial charge is 0.444 e. The zero-order valence-corrected chi connectivity index (χ0v) is 17.9. The zero-order valence-electron chi connectivity index (χ0n) is 17.9. The van der Waals surface area contributed by atoms with Gasteiger partial charge >= 0.3 is 6.09 Å². The molecule has 0 aliphatic carbocycles. The monoisotopic (exact) mass is 385 g/mol. The van der Waals surface area contributed by atoms with Crippen molar-refractivity contribution in [2.45, 2.75) is 64.7 Å². The number of nitrogens with one attached hydrogen (secondary N) is 3. The van der Waals surface area contributed by atoms with Crippen LogP contribution >= 0.6 is 0 Å². The van der Waals surface area contributed by atoms with Crippen molar-refractivity contribution >= 4 is 12.1 Å². The number of carbonyl (C=O) groups is 1. The van der Waals surface area contributed by atoms with Crippen molar-refractivity contribution in [1.29, 1.82) is 0 Å². The molecular formula is C19H39N5O3. The van der Waals surface area contributed by atoms with E-state index in [4.69, 9.17) is 9.47 Å². The lowest BCUT2D eigenvalue weighted by molar-refractivity contribution is -0.0161. The van der Waals surface area contributed by atoms with Gasteiger partial charge in [-0.1, -0.05) is 19.8 Å². The van der Waals surface area contributed by atoms with Crippen LogP contribution in [0, 0.1) is 0 Å². The van der Waals surface area contributed by atoms with Gasteiger partial charge in [-0.3, -0.25) is 4.99 Å². The average Bonchev–Trinajstić information content (AvgIpc) is 2.59. The van der Waals surface area contributed by atoms with E-state index in [1.54, 1.807) is 7.05 Å². The Kier molecular flexibility index (Phi) is 10.5. The number of aliphatic imine (C=N–C) groups is 1. The number of guanidine groups is 1. The molecule has 0 bridgehead atoms. The molecule has 1 amide bonds. The standard InChI is InChI=1S/C19H39N5O3/c1-7-8-9-15(12-22-18(25)27-19(2,3)4)23-17(20-5)21-13-16-14-24(6)10-11-26-16/h15-16H,7-14H2,1-6H3,(H,22,25)(H2,20,21,23). The quantitative estimate of drug-likeness (QED) is 0.434. The number of nitrogens with zero attached hydrogens (tertiary/aromatic N) is 2. The summed E-state index contributed by atoms with van der Waals surface area (Å²) < 4.78 is 11.1. The second-order valence-electron chi connectivity index (χ2n) is 8.07. The Morgan fingerprint density at radius 2 is 2.11 bits per heavy atom. The molecule has 1 fully saturated rings. The number of carbonyl (C=O) groups excluding carboxylic acids is 1. The van der Waals surface area contributed by atoms with Crippen LogP contribution in [0.3, 0.4) is 0 Å². The molecule has 8 heteroatoms. The van der Waals surface area contributed by atoms with Crippen molar-refractivity contribution < 1.29 is 14.3 Å². The lowest BCUT2D eigenvalue weighted by Gasteiger charge is -2.31. The first kappa shape index (κ1) is 23.5. The second kappa shape index (κ2) is 12.0. The predicted molar refractivity (Wildman–Crippen MR) is 109 cm³/mol. The van der Waals surface area contributed by atoms with E-state index in [9.17, 15) is 4.79 Å². The van der Waals surface area contributed by atoms with Crippen LogP contribution in [0.15, 0.2) is 4.99 Å². The molecule has 8 nitrogen and oxygen atoms in total. The maximum atomic E-state index is 11.9. The van der Waals surface area contributed by atoms with E-state index in [1.807, 2.05) is 20.8 Å². The van der Waals surface area contributed by atoms with Gasteiger partial charge in [0.1, 0.15) is 5.60 Å². The first-order valence-corrected chi connectivity index (χ1v) is 9.97. The number of likely N-dealkylation sites (N-methyl/N-ethyl adjacent to an activating group) is 1. The fraction of sp³-hybridized carbons (Fsp3) is 0.895. The van der Waals surface area contributed by atoms with Crippen molar-refractivity contribution in [3.05, 3.63) is 0 Å². The van der Waals surface area contributed by atoms with Gasteiger partial charge in [0.2, 0.25) is 0 Å². The fourth-order valence-corrected chi connectivity index (χ4v) is 2.79. The topological polar surface area (TPSA) is 87.2 Å². The van der Waals surface area contributed by atoms with E-state index in [0.717, 1.165) is 44.9 Å². The van der Waals surface area contributed by atoms with E-state index in [1.165, 1.54) is 0 Å². The second-order valence-corrected chi connectivity index (χ2v) is 8.07. The fourth-order valence-electron chi connectivity index (χ4n) is 2.79. The van der Waals surface area contributed by atoms with Gasteiger partial charge in [-0.15, -0.1) is 0 Å². The molecule has 27 heavy (non-hydrogen) atoms. The molecule has 0 aromatic heterocycles. The number of rotatable bonds is 8. The Bertz CT molecular complexity index is 465. The molecule has 1 saturated heterocycles. The maximum Gasteiger partial charge on any atom is 0.407 e. The first-order valence-electron chi connectivity index (χ1n) is 9.97. The van der Waals surface area contributed by atoms with E-state index in [2.05, 4.69) is 39.8 Å². The van der Waals surface area contributed by atoms with Crippen LogP contribution in [-0.4, -0.2) is 81.6 Å². The zero-order chi connectivity index (χ0) is 20.3. The van der Waals surface area contributed by atoms with Gasteiger partial charge in [0.25, 0.3) is 0 Å². The van der Waals surface area contributed by atoms with E-state index < -0.39 is 11.7 Å². The van der Waals surface area contributed by atoms with Crippen LogP contribution in [0.5, 0.6) is 0 Å². The number of hydrogen-bond acceptors (Lipinski definition) is 5. The summed E-state index contributed by atoms with van der Waals surface area (Å²) in [4.78, 5) is 18.5. The molecule has 1 heterocycles. The van der Waals surface area contributed by atoms with Crippen LogP contribution in [0.2, 0.25) is 0 Å². The third-order valence-corrected chi connectivity index (χ3v) is 4.20. The molecule has 1 aliphatic rings. The smallest absolute Gasteiger partial charge is 0.407 e. The summed E-state index contributed by atoms with van der Waals surface area (Å²) in [5.41, 5.74) is -0.499. The van der Waals surface area contributed by atoms with Gasteiger partial charge in [0, 0.05) is 39.3 Å². The van der Waals surface area contributed by atoms with Crippen molar-refractivity contribution in [3.8, 4) is 0 Å². The Morgan fingerprint density at radius 3 is 2.70 bits per heavy atom. The lowest BCUT2D eigenvalue weighted by atomic mass is 10.1. The van der Waals surface area contributed by atoms with Crippen molar-refractivity contribution in [1.82, 2.24) is 20.9 Å². The maximum absolute atomic E-state index is 11.9. The number of ether oxygens (including phenoxy) is 2. The minimum Gasteiger partial charge on any atom is -0.444 e. The Balaban J connectivity index is 2.47. The van der Waals surface area contributed by atoms with Crippen LogP contribution < -0.4 is 16.0 Å². The van der Waals surface area contributed by atoms with Gasteiger partial charge in [-0.25, -0.2) is 4.79 Å². The molecule has 1 aliphatic heterocycles.